The molecular weight excluding hydrogens is 404 g/mol. The van der Waals surface area contributed by atoms with Gasteiger partial charge in [0.25, 0.3) is 0 Å². The number of nitrogens with zero attached hydrogens (tertiary/aromatic N) is 3. The van der Waals surface area contributed by atoms with E-state index in [9.17, 15) is 5.11 Å². The van der Waals surface area contributed by atoms with Crippen LogP contribution in [0.2, 0.25) is 5.02 Å². The summed E-state index contributed by atoms with van der Waals surface area (Å²) in [5.41, 5.74) is 1.04. The van der Waals surface area contributed by atoms with Gasteiger partial charge in [-0.25, -0.2) is 4.98 Å². The molecule has 162 valence electrons. The third-order valence-corrected chi connectivity index (χ3v) is 6.49. The maximum absolute atomic E-state index is 10.7. The van der Waals surface area contributed by atoms with Crippen molar-refractivity contribution in [3.63, 3.8) is 0 Å². The SMILES string of the molecule is CCOc1cc(CN2C[C@H]3C[C@@H](Nc4cnccn4)[C@H](O)C[C@H]3C2)c(Cl)cc1OC. The fourth-order valence-electron chi connectivity index (χ4n) is 4.74. The molecule has 2 N–H and O–H groups in total. The molecule has 1 saturated heterocycles. The number of benzene rings is 1. The number of ether oxygens (including phenoxy) is 2. The summed E-state index contributed by atoms with van der Waals surface area (Å²) in [5.74, 6) is 3.11. The third kappa shape index (κ3) is 4.63. The van der Waals surface area contributed by atoms with Crippen LogP contribution in [0.3, 0.4) is 0 Å². The minimum absolute atomic E-state index is 0.00275. The molecule has 0 unspecified atom stereocenters. The molecule has 8 heteroatoms. The maximum atomic E-state index is 10.7. The number of rotatable bonds is 7. The molecule has 2 aromatic rings. The number of nitrogens with one attached hydrogen (secondary N) is 1. The zero-order chi connectivity index (χ0) is 21.1. The van der Waals surface area contributed by atoms with Crippen molar-refractivity contribution in [3.05, 3.63) is 41.3 Å². The number of aromatic nitrogens is 2. The van der Waals surface area contributed by atoms with E-state index in [0.717, 1.165) is 43.8 Å². The fraction of sp³-hybridized carbons (Fsp3) is 0.545. The van der Waals surface area contributed by atoms with Crippen LogP contribution >= 0.6 is 11.6 Å². The molecule has 1 aliphatic heterocycles. The first-order valence-electron chi connectivity index (χ1n) is 10.5. The summed E-state index contributed by atoms with van der Waals surface area (Å²) in [4.78, 5) is 10.8. The summed E-state index contributed by atoms with van der Waals surface area (Å²) >= 11 is 6.52. The first kappa shape index (κ1) is 21.2. The first-order chi connectivity index (χ1) is 14.6. The molecule has 2 heterocycles. The summed E-state index contributed by atoms with van der Waals surface area (Å²) in [6.45, 7) is 5.24. The predicted octanol–water partition coefficient (Wildman–Crippen LogP) is 3.22. The van der Waals surface area contributed by atoms with E-state index in [1.807, 2.05) is 19.1 Å². The largest absolute Gasteiger partial charge is 0.493 e. The monoisotopic (exact) mass is 432 g/mol. The zero-order valence-corrected chi connectivity index (χ0v) is 18.2. The quantitative estimate of drug-likeness (QED) is 0.695. The van der Waals surface area contributed by atoms with Crippen LogP contribution in [0.25, 0.3) is 0 Å². The molecular formula is C22H29ClN4O3. The van der Waals surface area contributed by atoms with Crippen LogP contribution in [0, 0.1) is 11.8 Å². The van der Waals surface area contributed by atoms with Crippen molar-refractivity contribution in [1.29, 1.82) is 0 Å². The summed E-state index contributed by atoms with van der Waals surface area (Å²) in [6, 6.07) is 3.81. The van der Waals surface area contributed by atoms with Crippen LogP contribution in [-0.4, -0.2) is 58.9 Å². The van der Waals surface area contributed by atoms with Gasteiger partial charge in [-0.3, -0.25) is 9.88 Å². The van der Waals surface area contributed by atoms with Gasteiger partial charge in [0.05, 0.1) is 32.1 Å². The lowest BCUT2D eigenvalue weighted by Crippen LogP contribution is -2.43. The van der Waals surface area contributed by atoms with Gasteiger partial charge in [0.15, 0.2) is 11.5 Å². The number of aliphatic hydroxyl groups excluding tert-OH is 1. The van der Waals surface area contributed by atoms with Crippen molar-refractivity contribution in [2.45, 2.75) is 38.5 Å². The van der Waals surface area contributed by atoms with Gasteiger partial charge in [-0.15, -0.1) is 0 Å². The average molecular weight is 433 g/mol. The molecule has 1 aliphatic carbocycles. The maximum Gasteiger partial charge on any atom is 0.162 e. The van der Waals surface area contributed by atoms with Crippen LogP contribution in [-0.2, 0) is 6.54 Å². The standard InChI is InChI=1S/C22H29ClN4O3/c1-3-30-21-8-16(17(23)9-20(21)29-2)13-27-11-14-6-18(19(28)7-15(14)12-27)26-22-10-24-4-5-25-22/h4-5,8-10,14-15,18-19,28H,3,6-7,11-13H2,1-2H3,(H,25,26)/t14-,15+,18-,19-/m1/s1. The minimum Gasteiger partial charge on any atom is -0.493 e. The number of likely N-dealkylation sites (tertiary alicyclic amines) is 1. The molecule has 0 radical (unpaired) electrons. The summed E-state index contributed by atoms with van der Waals surface area (Å²) in [6.07, 6.45) is 6.32. The van der Waals surface area contributed by atoms with Crippen LogP contribution in [0.15, 0.2) is 30.7 Å². The van der Waals surface area contributed by atoms with E-state index in [2.05, 4.69) is 20.2 Å². The highest BCUT2D eigenvalue weighted by atomic mass is 35.5. The van der Waals surface area contributed by atoms with Crippen LogP contribution in [0.1, 0.15) is 25.3 Å². The topological polar surface area (TPSA) is 79.7 Å². The van der Waals surface area contributed by atoms with Crippen molar-refractivity contribution in [1.82, 2.24) is 14.9 Å². The van der Waals surface area contributed by atoms with Gasteiger partial charge >= 0.3 is 0 Å². The molecule has 2 aliphatic rings. The molecule has 0 bridgehead atoms. The molecule has 1 saturated carbocycles. The number of anilines is 1. The summed E-state index contributed by atoms with van der Waals surface area (Å²) in [7, 11) is 1.62. The Morgan fingerprint density at radius 3 is 2.70 bits per heavy atom. The summed E-state index contributed by atoms with van der Waals surface area (Å²) < 4.78 is 11.1. The molecule has 1 aromatic carbocycles. The van der Waals surface area contributed by atoms with Gasteiger partial charge in [-0.05, 0) is 43.2 Å². The van der Waals surface area contributed by atoms with Crippen molar-refractivity contribution >= 4 is 17.4 Å². The Kier molecular flexibility index (Phi) is 6.61. The van der Waals surface area contributed by atoms with Gasteiger partial charge in [-0.2, -0.15) is 0 Å². The Balaban J connectivity index is 1.41. The summed E-state index contributed by atoms with van der Waals surface area (Å²) in [5, 5.41) is 14.7. The molecule has 2 fully saturated rings. The molecule has 1 aromatic heterocycles. The highest BCUT2D eigenvalue weighted by Crippen LogP contribution is 2.39. The van der Waals surface area contributed by atoms with E-state index >= 15 is 0 Å². The van der Waals surface area contributed by atoms with Crippen molar-refractivity contribution in [3.8, 4) is 11.5 Å². The van der Waals surface area contributed by atoms with Gasteiger partial charge < -0.3 is 19.9 Å². The number of hydrogen-bond donors (Lipinski definition) is 2. The van der Waals surface area contributed by atoms with Crippen LogP contribution in [0.4, 0.5) is 5.82 Å². The molecule has 7 nitrogen and oxygen atoms in total. The second kappa shape index (κ2) is 9.37. The van der Waals surface area contributed by atoms with Crippen LogP contribution < -0.4 is 14.8 Å². The number of hydrogen-bond acceptors (Lipinski definition) is 7. The first-order valence-corrected chi connectivity index (χ1v) is 10.9. The van der Waals surface area contributed by atoms with Gasteiger partial charge in [0.2, 0.25) is 0 Å². The van der Waals surface area contributed by atoms with E-state index < -0.39 is 0 Å². The van der Waals surface area contributed by atoms with Crippen molar-refractivity contribution in [2.24, 2.45) is 11.8 Å². The van der Waals surface area contributed by atoms with E-state index in [-0.39, 0.29) is 12.1 Å². The second-order valence-corrected chi connectivity index (χ2v) is 8.53. The smallest absolute Gasteiger partial charge is 0.162 e. The minimum atomic E-state index is -0.387. The Labute approximate surface area is 182 Å². The Hall–Kier alpha value is -2.09. The van der Waals surface area contributed by atoms with Gasteiger partial charge in [0.1, 0.15) is 5.82 Å². The van der Waals surface area contributed by atoms with Crippen molar-refractivity contribution in [2.75, 3.05) is 32.1 Å². The normalized spacial score (nSPS) is 26.3. The van der Waals surface area contributed by atoms with E-state index in [4.69, 9.17) is 21.1 Å². The fourth-order valence-corrected chi connectivity index (χ4v) is 4.96. The van der Waals surface area contributed by atoms with E-state index in [1.165, 1.54) is 0 Å². The van der Waals surface area contributed by atoms with E-state index in [1.54, 1.807) is 25.7 Å². The predicted molar refractivity (Wildman–Crippen MR) is 116 cm³/mol. The second-order valence-electron chi connectivity index (χ2n) is 8.12. The zero-order valence-electron chi connectivity index (χ0n) is 17.4. The number of aliphatic hydroxyl groups is 1. The van der Waals surface area contributed by atoms with Crippen LogP contribution in [0.5, 0.6) is 11.5 Å². The molecule has 0 amide bonds. The highest BCUT2D eigenvalue weighted by molar-refractivity contribution is 6.31. The lowest BCUT2D eigenvalue weighted by atomic mass is 9.77. The number of fused-ring (bicyclic) bond motifs is 1. The lowest BCUT2D eigenvalue weighted by molar-refractivity contribution is 0.0735. The molecule has 4 atom stereocenters. The number of halogens is 1. The molecule has 4 rings (SSSR count). The molecule has 0 spiro atoms. The number of methoxy groups -OCH3 is 1. The Morgan fingerprint density at radius 1 is 1.20 bits per heavy atom. The molecule has 30 heavy (non-hydrogen) atoms. The Bertz CT molecular complexity index is 854. The third-order valence-electron chi connectivity index (χ3n) is 6.14. The Morgan fingerprint density at radius 2 is 2.00 bits per heavy atom. The van der Waals surface area contributed by atoms with Crippen molar-refractivity contribution < 1.29 is 14.6 Å². The highest BCUT2D eigenvalue weighted by Gasteiger charge is 2.41. The van der Waals surface area contributed by atoms with E-state index in [0.29, 0.717) is 35.0 Å². The van der Waals surface area contributed by atoms with Gasteiger partial charge in [0, 0.05) is 43.1 Å². The lowest BCUT2D eigenvalue weighted by Gasteiger charge is -2.35. The average Bonchev–Trinajstić information content (AvgIpc) is 3.12. The van der Waals surface area contributed by atoms with Gasteiger partial charge in [-0.1, -0.05) is 11.6 Å².